The summed E-state index contributed by atoms with van der Waals surface area (Å²) in [4.78, 5) is 0. The first-order valence-electron chi connectivity index (χ1n) is 4.79. The Hall–Kier alpha value is -0.560. The van der Waals surface area contributed by atoms with E-state index in [4.69, 9.17) is 0 Å². The van der Waals surface area contributed by atoms with E-state index in [1.165, 1.54) is 11.1 Å². The lowest BCUT2D eigenvalue weighted by atomic mass is 9.89. The third-order valence-corrected chi connectivity index (χ3v) is 3.29. The average molecular weight is 164 g/mol. The maximum Gasteiger partial charge on any atom is 0.0794 e. The minimum atomic E-state index is -0.205. The van der Waals surface area contributed by atoms with E-state index in [1.807, 2.05) is 6.08 Å². The molecule has 0 aromatic carbocycles. The van der Waals surface area contributed by atoms with Crippen LogP contribution in [-0.4, -0.2) is 11.2 Å². The van der Waals surface area contributed by atoms with Crippen LogP contribution in [0.5, 0.6) is 0 Å². The number of fused-ring (bicyclic) bond motifs is 1. The van der Waals surface area contributed by atoms with Crippen LogP contribution in [0, 0.1) is 11.8 Å². The van der Waals surface area contributed by atoms with Crippen molar-refractivity contribution in [2.75, 3.05) is 0 Å². The van der Waals surface area contributed by atoms with Crippen molar-refractivity contribution in [1.82, 2.24) is 0 Å². The molecule has 0 spiro atoms. The molecule has 66 valence electrons. The smallest absolute Gasteiger partial charge is 0.0794 e. The van der Waals surface area contributed by atoms with Gasteiger partial charge >= 0.3 is 0 Å². The third-order valence-electron chi connectivity index (χ3n) is 3.29. The van der Waals surface area contributed by atoms with Crippen molar-refractivity contribution in [3.05, 3.63) is 23.3 Å². The van der Waals surface area contributed by atoms with Gasteiger partial charge in [-0.25, -0.2) is 0 Å². The molecule has 0 aromatic heterocycles. The van der Waals surface area contributed by atoms with Crippen LogP contribution in [-0.2, 0) is 0 Å². The molecule has 0 amide bonds. The Bertz CT molecular complexity index is 250. The van der Waals surface area contributed by atoms with Crippen LogP contribution in [0.25, 0.3) is 0 Å². The first kappa shape index (κ1) is 8.06. The summed E-state index contributed by atoms with van der Waals surface area (Å²) in [5.74, 6) is 1.05. The summed E-state index contributed by atoms with van der Waals surface area (Å²) in [6.45, 7) is 4.31. The van der Waals surface area contributed by atoms with Gasteiger partial charge in [0.05, 0.1) is 6.10 Å². The number of hydrogen-bond acceptors (Lipinski definition) is 1. The van der Waals surface area contributed by atoms with Gasteiger partial charge in [0.25, 0.3) is 0 Å². The zero-order valence-electron chi connectivity index (χ0n) is 7.75. The third kappa shape index (κ3) is 0.962. The molecule has 12 heavy (non-hydrogen) atoms. The predicted molar refractivity (Wildman–Crippen MR) is 49.7 cm³/mol. The van der Waals surface area contributed by atoms with E-state index in [2.05, 4.69) is 19.9 Å². The van der Waals surface area contributed by atoms with Crippen molar-refractivity contribution < 1.29 is 5.11 Å². The molecule has 2 aliphatic rings. The van der Waals surface area contributed by atoms with Gasteiger partial charge in [0.1, 0.15) is 0 Å². The average Bonchev–Trinajstić information content (AvgIpc) is 2.55. The highest BCUT2D eigenvalue weighted by atomic mass is 16.3. The second kappa shape index (κ2) is 2.74. The van der Waals surface area contributed by atoms with Gasteiger partial charge in [-0.1, -0.05) is 30.2 Å². The van der Waals surface area contributed by atoms with Crippen molar-refractivity contribution in [2.24, 2.45) is 11.8 Å². The van der Waals surface area contributed by atoms with Gasteiger partial charge in [0.2, 0.25) is 0 Å². The molecule has 0 saturated carbocycles. The maximum absolute atomic E-state index is 9.75. The second-order valence-electron chi connectivity index (χ2n) is 3.90. The highest BCUT2D eigenvalue weighted by Gasteiger charge is 2.38. The molecule has 0 aromatic rings. The molecule has 1 heteroatoms. The summed E-state index contributed by atoms with van der Waals surface area (Å²) in [6, 6.07) is 0. The number of hydrogen-bond donors (Lipinski definition) is 1. The Morgan fingerprint density at radius 2 is 2.33 bits per heavy atom. The molecule has 1 nitrogen and oxygen atoms in total. The zero-order valence-corrected chi connectivity index (χ0v) is 7.75. The van der Waals surface area contributed by atoms with Crippen LogP contribution in [0.15, 0.2) is 23.3 Å². The molecule has 1 N–H and O–H groups in total. The number of aliphatic hydroxyl groups is 1. The Kier molecular flexibility index (Phi) is 1.84. The van der Waals surface area contributed by atoms with Crippen LogP contribution in [0.2, 0.25) is 0 Å². The van der Waals surface area contributed by atoms with Crippen LogP contribution >= 0.6 is 0 Å². The molecule has 0 heterocycles. The normalized spacial score (nSPS) is 39.4. The molecule has 0 unspecified atom stereocenters. The quantitative estimate of drug-likeness (QED) is 0.589. The van der Waals surface area contributed by atoms with Crippen molar-refractivity contribution in [2.45, 2.75) is 32.8 Å². The van der Waals surface area contributed by atoms with Gasteiger partial charge in [0.15, 0.2) is 0 Å². The van der Waals surface area contributed by atoms with Gasteiger partial charge in [-0.15, -0.1) is 0 Å². The van der Waals surface area contributed by atoms with E-state index in [-0.39, 0.29) is 6.10 Å². The van der Waals surface area contributed by atoms with Crippen molar-refractivity contribution in [3.8, 4) is 0 Å². The lowest BCUT2D eigenvalue weighted by Gasteiger charge is -2.18. The Labute approximate surface area is 73.8 Å². The Morgan fingerprint density at radius 3 is 3.00 bits per heavy atom. The minimum Gasteiger partial charge on any atom is -0.388 e. The largest absolute Gasteiger partial charge is 0.388 e. The molecule has 2 aliphatic carbocycles. The van der Waals surface area contributed by atoms with Crippen LogP contribution in [0.4, 0.5) is 0 Å². The standard InChI is InChI=1S/C11H16O/c1-3-8-4-5-9-7(2)6-10(12)11(8)9/h4,6,9-12H,3,5H2,1-2H3/t9-,10-,11-/m1/s1. The molecule has 3 atom stereocenters. The summed E-state index contributed by atoms with van der Waals surface area (Å²) < 4.78 is 0. The SMILES string of the molecule is CCC1=CC[C@@H]2C(C)=C[C@@H](O)[C@H]12. The van der Waals surface area contributed by atoms with E-state index >= 15 is 0 Å². The highest BCUT2D eigenvalue weighted by molar-refractivity contribution is 5.31. The summed E-state index contributed by atoms with van der Waals surface area (Å²) in [7, 11) is 0. The zero-order chi connectivity index (χ0) is 8.72. The van der Waals surface area contributed by atoms with Gasteiger partial charge in [-0.3, -0.25) is 0 Å². The topological polar surface area (TPSA) is 20.2 Å². The van der Waals surface area contributed by atoms with Crippen molar-refractivity contribution in [1.29, 1.82) is 0 Å². The molecule has 0 saturated heterocycles. The fourth-order valence-corrected chi connectivity index (χ4v) is 2.62. The predicted octanol–water partition coefficient (Wildman–Crippen LogP) is 2.28. The monoisotopic (exact) mass is 164 g/mol. The molecule has 0 fully saturated rings. The van der Waals surface area contributed by atoms with Crippen molar-refractivity contribution >= 4 is 0 Å². The number of allylic oxidation sites excluding steroid dienone is 2. The van der Waals surface area contributed by atoms with E-state index < -0.39 is 0 Å². The minimum absolute atomic E-state index is 0.205. The molecule has 0 aliphatic heterocycles. The van der Waals surface area contributed by atoms with Crippen LogP contribution in [0.1, 0.15) is 26.7 Å². The lowest BCUT2D eigenvalue weighted by Crippen LogP contribution is -2.18. The second-order valence-corrected chi connectivity index (χ2v) is 3.90. The van der Waals surface area contributed by atoms with E-state index in [1.54, 1.807) is 0 Å². The molecular weight excluding hydrogens is 148 g/mol. The molecule has 2 rings (SSSR count). The summed E-state index contributed by atoms with van der Waals surface area (Å²) >= 11 is 0. The fraction of sp³-hybridized carbons (Fsp3) is 0.636. The first-order chi connectivity index (χ1) is 5.74. The first-order valence-corrected chi connectivity index (χ1v) is 4.79. The Morgan fingerprint density at radius 1 is 1.58 bits per heavy atom. The van der Waals surface area contributed by atoms with Crippen LogP contribution < -0.4 is 0 Å². The summed E-state index contributed by atoms with van der Waals surface area (Å²) in [6.07, 6.45) is 6.38. The van der Waals surface area contributed by atoms with Crippen LogP contribution in [0.3, 0.4) is 0 Å². The van der Waals surface area contributed by atoms with E-state index in [0.29, 0.717) is 11.8 Å². The van der Waals surface area contributed by atoms with E-state index in [9.17, 15) is 5.11 Å². The van der Waals surface area contributed by atoms with Gasteiger partial charge in [-0.2, -0.15) is 0 Å². The van der Waals surface area contributed by atoms with Gasteiger partial charge in [-0.05, 0) is 25.7 Å². The number of aliphatic hydroxyl groups excluding tert-OH is 1. The molecular formula is C11H16O. The fourth-order valence-electron chi connectivity index (χ4n) is 2.62. The highest BCUT2D eigenvalue weighted by Crippen LogP contribution is 2.44. The number of rotatable bonds is 1. The van der Waals surface area contributed by atoms with E-state index in [0.717, 1.165) is 12.8 Å². The van der Waals surface area contributed by atoms with Crippen molar-refractivity contribution in [3.63, 3.8) is 0 Å². The lowest BCUT2D eigenvalue weighted by molar-refractivity contribution is 0.166. The molecule has 0 radical (unpaired) electrons. The Balaban J connectivity index is 2.23. The summed E-state index contributed by atoms with van der Waals surface area (Å²) in [5, 5.41) is 9.75. The summed E-state index contributed by atoms with van der Waals surface area (Å²) in [5.41, 5.74) is 2.84. The maximum atomic E-state index is 9.75. The van der Waals surface area contributed by atoms with Gasteiger partial charge in [0, 0.05) is 5.92 Å². The molecule has 0 bridgehead atoms. The van der Waals surface area contributed by atoms with Gasteiger partial charge < -0.3 is 5.11 Å².